The Morgan fingerprint density at radius 1 is 1.24 bits per heavy atom. The fraction of sp³-hybridized carbons (Fsp3) is 0.333. The number of methoxy groups -OCH3 is 1. The van der Waals surface area contributed by atoms with Crippen molar-refractivity contribution < 1.29 is 9.47 Å². The minimum Gasteiger partial charge on any atom is -0.486 e. The number of nitrogens with zero attached hydrogens (tertiary/aromatic N) is 3. The highest BCUT2D eigenvalue weighted by atomic mass is 16.5. The topological polar surface area (TPSA) is 49.2 Å². The van der Waals surface area contributed by atoms with Crippen LogP contribution in [0.1, 0.15) is 5.82 Å². The average Bonchev–Trinajstić information content (AvgIpc) is 2.82. The number of benzene rings is 1. The molecule has 90 valence electrons. The van der Waals surface area contributed by atoms with Crippen molar-refractivity contribution in [3.05, 3.63) is 42.5 Å². The summed E-state index contributed by atoms with van der Waals surface area (Å²) in [5, 5.41) is 7.88. The summed E-state index contributed by atoms with van der Waals surface area (Å²) < 4.78 is 12.5. The van der Waals surface area contributed by atoms with Crippen molar-refractivity contribution in [2.75, 3.05) is 13.7 Å². The molecular formula is C12H15N3O2. The monoisotopic (exact) mass is 233 g/mol. The zero-order chi connectivity index (χ0) is 11.9. The Bertz CT molecular complexity index is 442. The standard InChI is InChI=1S/C12H15N3O2/c1-16-8-7-15-10-13-14-12(15)9-17-11-5-3-2-4-6-11/h2-6,10H,7-9H2,1H3. The maximum atomic E-state index is 5.61. The van der Waals surface area contributed by atoms with Crippen molar-refractivity contribution in [1.82, 2.24) is 14.8 Å². The van der Waals surface area contributed by atoms with Crippen LogP contribution in [0.4, 0.5) is 0 Å². The van der Waals surface area contributed by atoms with Crippen LogP contribution in [0.15, 0.2) is 36.7 Å². The molecule has 0 radical (unpaired) electrons. The molecule has 5 heteroatoms. The summed E-state index contributed by atoms with van der Waals surface area (Å²) in [4.78, 5) is 0. The van der Waals surface area contributed by atoms with Gasteiger partial charge in [0.15, 0.2) is 5.82 Å². The van der Waals surface area contributed by atoms with E-state index in [4.69, 9.17) is 9.47 Å². The molecule has 1 aromatic carbocycles. The molecule has 17 heavy (non-hydrogen) atoms. The zero-order valence-electron chi connectivity index (χ0n) is 9.74. The summed E-state index contributed by atoms with van der Waals surface area (Å²) in [7, 11) is 1.67. The van der Waals surface area contributed by atoms with Crippen LogP contribution in [0.2, 0.25) is 0 Å². The van der Waals surface area contributed by atoms with E-state index in [2.05, 4.69) is 10.2 Å². The van der Waals surface area contributed by atoms with E-state index in [0.29, 0.717) is 13.2 Å². The van der Waals surface area contributed by atoms with Crippen LogP contribution in [0, 0.1) is 0 Å². The van der Waals surface area contributed by atoms with E-state index in [9.17, 15) is 0 Å². The minimum atomic E-state index is 0.410. The zero-order valence-corrected chi connectivity index (χ0v) is 9.74. The Labute approximate surface area is 100 Å². The Morgan fingerprint density at radius 2 is 2.06 bits per heavy atom. The molecule has 0 aliphatic heterocycles. The number of rotatable bonds is 6. The first-order valence-corrected chi connectivity index (χ1v) is 5.43. The van der Waals surface area contributed by atoms with E-state index >= 15 is 0 Å². The lowest BCUT2D eigenvalue weighted by Gasteiger charge is -2.07. The molecule has 1 heterocycles. The fourth-order valence-electron chi connectivity index (χ4n) is 1.43. The van der Waals surface area contributed by atoms with E-state index < -0.39 is 0 Å². The van der Waals surface area contributed by atoms with Gasteiger partial charge in [-0.3, -0.25) is 0 Å². The molecule has 5 nitrogen and oxygen atoms in total. The van der Waals surface area contributed by atoms with E-state index in [1.54, 1.807) is 13.4 Å². The molecule has 0 spiro atoms. The number of aromatic nitrogens is 3. The van der Waals surface area contributed by atoms with Crippen LogP contribution in [0.25, 0.3) is 0 Å². The Morgan fingerprint density at radius 3 is 2.82 bits per heavy atom. The van der Waals surface area contributed by atoms with Gasteiger partial charge in [0.2, 0.25) is 0 Å². The van der Waals surface area contributed by atoms with Gasteiger partial charge in [-0.2, -0.15) is 0 Å². The molecule has 0 bridgehead atoms. The lowest BCUT2D eigenvalue weighted by atomic mass is 10.3. The second-order valence-corrected chi connectivity index (χ2v) is 3.54. The molecule has 0 aliphatic rings. The highest BCUT2D eigenvalue weighted by molar-refractivity contribution is 5.20. The molecule has 0 atom stereocenters. The maximum absolute atomic E-state index is 5.61. The average molecular weight is 233 g/mol. The van der Waals surface area contributed by atoms with Crippen molar-refractivity contribution in [1.29, 1.82) is 0 Å². The molecule has 0 unspecified atom stereocenters. The quantitative estimate of drug-likeness (QED) is 0.758. The Hall–Kier alpha value is -1.88. The summed E-state index contributed by atoms with van der Waals surface area (Å²) in [6.45, 7) is 1.78. The molecule has 0 saturated heterocycles. The molecule has 0 aliphatic carbocycles. The highest BCUT2D eigenvalue weighted by Gasteiger charge is 2.04. The van der Waals surface area contributed by atoms with Gasteiger partial charge in [-0.15, -0.1) is 10.2 Å². The lowest BCUT2D eigenvalue weighted by molar-refractivity contribution is 0.183. The van der Waals surface area contributed by atoms with Gasteiger partial charge in [0, 0.05) is 13.7 Å². The van der Waals surface area contributed by atoms with Crippen LogP contribution in [0.5, 0.6) is 5.75 Å². The fourth-order valence-corrected chi connectivity index (χ4v) is 1.43. The van der Waals surface area contributed by atoms with E-state index in [-0.39, 0.29) is 0 Å². The van der Waals surface area contributed by atoms with E-state index in [1.165, 1.54) is 0 Å². The molecular weight excluding hydrogens is 218 g/mol. The first-order chi connectivity index (χ1) is 8.40. The van der Waals surface area contributed by atoms with Gasteiger partial charge in [-0.05, 0) is 12.1 Å². The first-order valence-electron chi connectivity index (χ1n) is 5.43. The van der Waals surface area contributed by atoms with Crippen molar-refractivity contribution in [2.24, 2.45) is 0 Å². The van der Waals surface area contributed by atoms with Crippen LogP contribution in [-0.4, -0.2) is 28.5 Å². The van der Waals surface area contributed by atoms with E-state index in [1.807, 2.05) is 34.9 Å². The molecule has 0 N–H and O–H groups in total. The van der Waals surface area contributed by atoms with Gasteiger partial charge >= 0.3 is 0 Å². The molecule has 2 rings (SSSR count). The third-order valence-corrected chi connectivity index (χ3v) is 2.34. The second kappa shape index (κ2) is 6.00. The third-order valence-electron chi connectivity index (χ3n) is 2.34. The van der Waals surface area contributed by atoms with Crippen LogP contribution >= 0.6 is 0 Å². The van der Waals surface area contributed by atoms with Crippen molar-refractivity contribution in [3.63, 3.8) is 0 Å². The van der Waals surface area contributed by atoms with Crippen molar-refractivity contribution in [2.45, 2.75) is 13.2 Å². The maximum Gasteiger partial charge on any atom is 0.170 e. The van der Waals surface area contributed by atoms with Gasteiger partial charge < -0.3 is 14.0 Å². The second-order valence-electron chi connectivity index (χ2n) is 3.54. The number of hydrogen-bond donors (Lipinski definition) is 0. The largest absolute Gasteiger partial charge is 0.486 e. The molecule has 0 amide bonds. The Kier molecular flexibility index (Phi) is 4.10. The number of para-hydroxylation sites is 1. The van der Waals surface area contributed by atoms with E-state index in [0.717, 1.165) is 18.1 Å². The predicted octanol–water partition coefficient (Wildman–Crippen LogP) is 1.50. The molecule has 0 fully saturated rings. The SMILES string of the molecule is COCCn1cnnc1COc1ccccc1. The predicted molar refractivity (Wildman–Crippen MR) is 62.7 cm³/mol. The highest BCUT2D eigenvalue weighted by Crippen LogP contribution is 2.10. The van der Waals surface area contributed by atoms with Crippen molar-refractivity contribution in [3.8, 4) is 5.75 Å². The number of ether oxygens (including phenoxy) is 2. The van der Waals surface area contributed by atoms with Crippen molar-refractivity contribution >= 4 is 0 Å². The first kappa shape index (κ1) is 11.6. The van der Waals surface area contributed by atoms with Gasteiger partial charge in [-0.1, -0.05) is 18.2 Å². The van der Waals surface area contributed by atoms with Gasteiger partial charge in [0.05, 0.1) is 6.61 Å². The van der Waals surface area contributed by atoms with Crippen LogP contribution in [0.3, 0.4) is 0 Å². The minimum absolute atomic E-state index is 0.410. The summed E-state index contributed by atoms with van der Waals surface area (Å²) in [6, 6.07) is 9.65. The summed E-state index contributed by atoms with van der Waals surface area (Å²) in [5.41, 5.74) is 0. The van der Waals surface area contributed by atoms with Gasteiger partial charge in [0.1, 0.15) is 18.7 Å². The summed E-state index contributed by atoms with van der Waals surface area (Å²) >= 11 is 0. The Balaban J connectivity index is 1.92. The summed E-state index contributed by atoms with van der Waals surface area (Å²) in [6.07, 6.45) is 1.68. The van der Waals surface area contributed by atoms with Gasteiger partial charge in [-0.25, -0.2) is 0 Å². The lowest BCUT2D eigenvalue weighted by Crippen LogP contribution is -2.09. The molecule has 2 aromatic rings. The third kappa shape index (κ3) is 3.29. The smallest absolute Gasteiger partial charge is 0.170 e. The van der Waals surface area contributed by atoms with Crippen LogP contribution in [-0.2, 0) is 17.9 Å². The summed E-state index contributed by atoms with van der Waals surface area (Å²) in [5.74, 6) is 1.62. The van der Waals surface area contributed by atoms with Gasteiger partial charge in [0.25, 0.3) is 0 Å². The van der Waals surface area contributed by atoms with Crippen LogP contribution < -0.4 is 4.74 Å². The molecule has 1 aromatic heterocycles. The number of hydrogen-bond acceptors (Lipinski definition) is 4. The normalized spacial score (nSPS) is 10.4. The molecule has 0 saturated carbocycles.